The van der Waals surface area contributed by atoms with Gasteiger partial charge in [-0.25, -0.2) is 4.79 Å². The van der Waals surface area contributed by atoms with Gasteiger partial charge in [-0.3, -0.25) is 4.98 Å². The Morgan fingerprint density at radius 3 is 2.81 bits per heavy atom. The third-order valence-electron chi connectivity index (χ3n) is 3.40. The molecule has 2 amide bonds. The lowest BCUT2D eigenvalue weighted by Gasteiger charge is -2.13. The van der Waals surface area contributed by atoms with Gasteiger partial charge >= 0.3 is 6.03 Å². The van der Waals surface area contributed by atoms with Crippen molar-refractivity contribution in [2.75, 3.05) is 11.9 Å². The van der Waals surface area contributed by atoms with Gasteiger partial charge in [0.25, 0.3) is 0 Å². The standard InChI is InChI=1S/C17H21N3O/c1-3-15-8-4-6-13(2)16(15)20-17(21)19-11-9-14-7-5-10-18-12-14/h4-8,10,12H,3,9,11H2,1-2H3,(H2,19,20,21). The summed E-state index contributed by atoms with van der Waals surface area (Å²) < 4.78 is 0. The molecule has 110 valence electrons. The number of hydrogen-bond acceptors (Lipinski definition) is 2. The Kier molecular flexibility index (Phi) is 5.32. The van der Waals surface area contributed by atoms with Gasteiger partial charge in [0.1, 0.15) is 0 Å². The van der Waals surface area contributed by atoms with Crippen LogP contribution in [-0.4, -0.2) is 17.6 Å². The van der Waals surface area contributed by atoms with Crippen LogP contribution in [0.3, 0.4) is 0 Å². The van der Waals surface area contributed by atoms with Crippen LogP contribution < -0.4 is 10.6 Å². The molecule has 2 N–H and O–H groups in total. The first kappa shape index (κ1) is 15.0. The fourth-order valence-corrected chi connectivity index (χ4v) is 2.23. The molecule has 0 aliphatic rings. The summed E-state index contributed by atoms with van der Waals surface area (Å²) in [5.74, 6) is 0. The highest BCUT2D eigenvalue weighted by molar-refractivity contribution is 5.91. The second-order valence-electron chi connectivity index (χ2n) is 4.95. The topological polar surface area (TPSA) is 54.0 Å². The fourth-order valence-electron chi connectivity index (χ4n) is 2.23. The van der Waals surface area contributed by atoms with Gasteiger partial charge in [-0.1, -0.05) is 31.2 Å². The Balaban J connectivity index is 1.88. The average Bonchev–Trinajstić information content (AvgIpc) is 2.50. The molecule has 1 aromatic carbocycles. The zero-order valence-electron chi connectivity index (χ0n) is 12.5. The number of urea groups is 1. The van der Waals surface area contributed by atoms with E-state index in [4.69, 9.17) is 0 Å². The summed E-state index contributed by atoms with van der Waals surface area (Å²) in [6.07, 6.45) is 5.23. The third kappa shape index (κ3) is 4.31. The zero-order chi connectivity index (χ0) is 15.1. The normalized spacial score (nSPS) is 10.2. The maximum atomic E-state index is 12.0. The van der Waals surface area contributed by atoms with Crippen LogP contribution in [-0.2, 0) is 12.8 Å². The third-order valence-corrected chi connectivity index (χ3v) is 3.40. The number of hydrogen-bond donors (Lipinski definition) is 2. The van der Waals surface area contributed by atoms with Crippen molar-refractivity contribution in [3.63, 3.8) is 0 Å². The maximum Gasteiger partial charge on any atom is 0.319 e. The molecular weight excluding hydrogens is 262 g/mol. The molecule has 0 aliphatic heterocycles. The van der Waals surface area contributed by atoms with Gasteiger partial charge < -0.3 is 10.6 Å². The number of rotatable bonds is 5. The number of benzene rings is 1. The van der Waals surface area contributed by atoms with Gasteiger partial charge in [-0.15, -0.1) is 0 Å². The van der Waals surface area contributed by atoms with Gasteiger partial charge in [0.2, 0.25) is 0 Å². The molecule has 21 heavy (non-hydrogen) atoms. The van der Waals surface area contributed by atoms with Crippen molar-refractivity contribution < 1.29 is 4.79 Å². The molecule has 2 rings (SSSR count). The number of aryl methyl sites for hydroxylation is 2. The number of pyridine rings is 1. The molecule has 0 unspecified atom stereocenters. The van der Waals surface area contributed by atoms with Crippen LogP contribution in [0.1, 0.15) is 23.6 Å². The molecule has 2 aromatic rings. The highest BCUT2D eigenvalue weighted by atomic mass is 16.2. The molecule has 1 aromatic heterocycles. The Morgan fingerprint density at radius 2 is 2.10 bits per heavy atom. The van der Waals surface area contributed by atoms with Crippen molar-refractivity contribution in [2.45, 2.75) is 26.7 Å². The molecule has 0 fully saturated rings. The van der Waals surface area contributed by atoms with Gasteiger partial charge in [0.05, 0.1) is 0 Å². The van der Waals surface area contributed by atoms with E-state index in [-0.39, 0.29) is 6.03 Å². The number of carbonyl (C=O) groups excluding carboxylic acids is 1. The van der Waals surface area contributed by atoms with E-state index in [1.54, 1.807) is 6.20 Å². The van der Waals surface area contributed by atoms with E-state index in [9.17, 15) is 4.79 Å². The van der Waals surface area contributed by atoms with Crippen molar-refractivity contribution in [1.82, 2.24) is 10.3 Å². The fraction of sp³-hybridized carbons (Fsp3) is 0.294. The molecule has 0 saturated carbocycles. The van der Waals surface area contributed by atoms with Crippen molar-refractivity contribution in [3.05, 3.63) is 59.4 Å². The van der Waals surface area contributed by atoms with Gasteiger partial charge in [-0.05, 0) is 42.5 Å². The number of para-hydroxylation sites is 1. The van der Waals surface area contributed by atoms with E-state index in [2.05, 4.69) is 22.5 Å². The van der Waals surface area contributed by atoms with Crippen LogP contribution in [0.5, 0.6) is 0 Å². The van der Waals surface area contributed by atoms with Crippen molar-refractivity contribution in [3.8, 4) is 0 Å². The van der Waals surface area contributed by atoms with E-state index in [0.717, 1.165) is 35.2 Å². The Hall–Kier alpha value is -2.36. The zero-order valence-corrected chi connectivity index (χ0v) is 12.5. The van der Waals surface area contributed by atoms with Crippen LogP contribution in [0.2, 0.25) is 0 Å². The molecule has 0 bridgehead atoms. The molecule has 4 heteroatoms. The van der Waals surface area contributed by atoms with Crippen LogP contribution >= 0.6 is 0 Å². The quantitative estimate of drug-likeness (QED) is 0.884. The molecule has 0 aliphatic carbocycles. The van der Waals surface area contributed by atoms with E-state index in [0.29, 0.717) is 6.54 Å². The summed E-state index contributed by atoms with van der Waals surface area (Å²) in [6.45, 7) is 4.68. The van der Waals surface area contributed by atoms with Crippen LogP contribution in [0.4, 0.5) is 10.5 Å². The number of anilines is 1. The lowest BCUT2D eigenvalue weighted by atomic mass is 10.1. The molecule has 0 spiro atoms. The number of aromatic nitrogens is 1. The van der Waals surface area contributed by atoms with Crippen molar-refractivity contribution in [2.24, 2.45) is 0 Å². The molecule has 0 radical (unpaired) electrons. The van der Waals surface area contributed by atoms with Crippen LogP contribution in [0, 0.1) is 6.92 Å². The Morgan fingerprint density at radius 1 is 1.24 bits per heavy atom. The monoisotopic (exact) mass is 283 g/mol. The minimum absolute atomic E-state index is 0.164. The lowest BCUT2D eigenvalue weighted by molar-refractivity contribution is 0.252. The van der Waals surface area contributed by atoms with E-state index in [1.807, 2.05) is 43.5 Å². The maximum absolute atomic E-state index is 12.0. The summed E-state index contributed by atoms with van der Waals surface area (Å²) in [4.78, 5) is 16.0. The summed E-state index contributed by atoms with van der Waals surface area (Å²) >= 11 is 0. The highest BCUT2D eigenvalue weighted by Gasteiger charge is 2.07. The molecule has 4 nitrogen and oxygen atoms in total. The predicted octanol–water partition coefficient (Wildman–Crippen LogP) is 3.32. The number of amides is 2. The summed E-state index contributed by atoms with van der Waals surface area (Å²) in [7, 11) is 0. The predicted molar refractivity (Wildman–Crippen MR) is 85.5 cm³/mol. The number of nitrogens with zero attached hydrogens (tertiary/aromatic N) is 1. The molecule has 0 saturated heterocycles. The lowest BCUT2D eigenvalue weighted by Crippen LogP contribution is -2.31. The highest BCUT2D eigenvalue weighted by Crippen LogP contribution is 2.20. The summed E-state index contributed by atoms with van der Waals surface area (Å²) in [5.41, 5.74) is 4.26. The average molecular weight is 283 g/mol. The first-order valence-electron chi connectivity index (χ1n) is 7.23. The molecular formula is C17H21N3O. The summed E-state index contributed by atoms with van der Waals surface area (Å²) in [6, 6.07) is 9.80. The van der Waals surface area contributed by atoms with Gasteiger partial charge in [-0.2, -0.15) is 0 Å². The van der Waals surface area contributed by atoms with Crippen molar-refractivity contribution >= 4 is 11.7 Å². The van der Waals surface area contributed by atoms with E-state index >= 15 is 0 Å². The second kappa shape index (κ2) is 7.43. The minimum Gasteiger partial charge on any atom is -0.338 e. The summed E-state index contributed by atoms with van der Waals surface area (Å²) in [5, 5.41) is 5.83. The van der Waals surface area contributed by atoms with Gasteiger partial charge in [0, 0.05) is 24.6 Å². The first-order valence-corrected chi connectivity index (χ1v) is 7.23. The number of nitrogens with one attached hydrogen (secondary N) is 2. The largest absolute Gasteiger partial charge is 0.338 e. The van der Waals surface area contributed by atoms with Crippen molar-refractivity contribution in [1.29, 1.82) is 0 Å². The smallest absolute Gasteiger partial charge is 0.319 e. The van der Waals surface area contributed by atoms with E-state index in [1.165, 1.54) is 0 Å². The Labute approximate surface area is 125 Å². The van der Waals surface area contributed by atoms with Crippen LogP contribution in [0.25, 0.3) is 0 Å². The Bertz CT molecular complexity index is 596. The second-order valence-corrected chi connectivity index (χ2v) is 4.95. The van der Waals surface area contributed by atoms with Gasteiger partial charge in [0.15, 0.2) is 0 Å². The van der Waals surface area contributed by atoms with E-state index < -0.39 is 0 Å². The van der Waals surface area contributed by atoms with Crippen LogP contribution in [0.15, 0.2) is 42.7 Å². The minimum atomic E-state index is -0.164. The number of carbonyl (C=O) groups is 1. The first-order chi connectivity index (χ1) is 10.2. The molecule has 1 heterocycles. The SMILES string of the molecule is CCc1cccc(C)c1NC(=O)NCCc1cccnc1. The molecule has 0 atom stereocenters.